The highest BCUT2D eigenvalue weighted by atomic mass is 35.5. The fourth-order valence-corrected chi connectivity index (χ4v) is 2.98. The highest BCUT2D eigenvalue weighted by molar-refractivity contribution is 7.92. The van der Waals surface area contributed by atoms with Crippen LogP contribution in [0.5, 0.6) is 0 Å². The number of rotatable bonds is 3. The Balaban J connectivity index is 2.44. The van der Waals surface area contributed by atoms with Gasteiger partial charge < -0.3 is 0 Å². The second-order valence-electron chi connectivity index (χ2n) is 3.83. The van der Waals surface area contributed by atoms with Crippen LogP contribution in [-0.4, -0.2) is 23.3 Å². The van der Waals surface area contributed by atoms with Crippen molar-refractivity contribution in [2.45, 2.75) is 18.7 Å². The Labute approximate surface area is 110 Å². The van der Waals surface area contributed by atoms with Gasteiger partial charge in [-0.1, -0.05) is 11.6 Å². The second kappa shape index (κ2) is 4.58. The monoisotopic (exact) mass is 286 g/mol. The van der Waals surface area contributed by atoms with Crippen molar-refractivity contribution in [1.29, 1.82) is 0 Å². The van der Waals surface area contributed by atoms with Crippen molar-refractivity contribution in [2.75, 3.05) is 4.83 Å². The second-order valence-corrected chi connectivity index (χ2v) is 5.87. The average Bonchev–Trinajstić information content (AvgIpc) is 2.75. The number of sulfonamides is 1. The molecule has 0 radical (unpaired) electrons. The lowest BCUT2D eigenvalue weighted by molar-refractivity contribution is 0.594. The lowest BCUT2D eigenvalue weighted by Gasteiger charge is -2.11. The van der Waals surface area contributed by atoms with Crippen LogP contribution < -0.4 is 4.83 Å². The Morgan fingerprint density at radius 1 is 1.17 bits per heavy atom. The summed E-state index contributed by atoms with van der Waals surface area (Å²) in [5.74, 6) is 0. The van der Waals surface area contributed by atoms with Gasteiger partial charge in [0.1, 0.15) is 12.7 Å². The third kappa shape index (κ3) is 2.46. The summed E-state index contributed by atoms with van der Waals surface area (Å²) < 4.78 is 25.5. The fourth-order valence-electron chi connectivity index (χ4n) is 1.48. The Morgan fingerprint density at radius 2 is 1.78 bits per heavy atom. The van der Waals surface area contributed by atoms with E-state index in [-0.39, 0.29) is 4.90 Å². The van der Waals surface area contributed by atoms with Crippen LogP contribution in [0, 0.1) is 13.8 Å². The molecule has 0 bridgehead atoms. The molecule has 1 heterocycles. The maximum atomic E-state index is 12.2. The molecule has 0 aliphatic rings. The lowest BCUT2D eigenvalue weighted by atomic mass is 10.2. The summed E-state index contributed by atoms with van der Waals surface area (Å²) >= 11 is 5.94. The molecule has 1 aromatic carbocycles. The van der Waals surface area contributed by atoms with E-state index < -0.39 is 10.0 Å². The molecule has 0 aliphatic heterocycles. The number of nitrogens with one attached hydrogen (secondary N) is 1. The Bertz CT molecular complexity index is 667. The maximum absolute atomic E-state index is 12.2. The van der Waals surface area contributed by atoms with Crippen LogP contribution in [0.4, 0.5) is 0 Å². The van der Waals surface area contributed by atoms with Crippen LogP contribution in [0.25, 0.3) is 0 Å². The highest BCUT2D eigenvalue weighted by Crippen LogP contribution is 2.23. The number of aromatic nitrogens is 3. The number of nitrogens with zero attached hydrogens (tertiary/aromatic N) is 3. The smallest absolute Gasteiger partial charge is 0.221 e. The van der Waals surface area contributed by atoms with Crippen molar-refractivity contribution in [3.8, 4) is 0 Å². The Morgan fingerprint density at radius 3 is 2.39 bits per heavy atom. The van der Waals surface area contributed by atoms with Gasteiger partial charge in [-0.15, -0.1) is 10.2 Å². The van der Waals surface area contributed by atoms with Gasteiger partial charge in [-0.05, 0) is 37.1 Å². The van der Waals surface area contributed by atoms with Gasteiger partial charge in [0.25, 0.3) is 10.0 Å². The van der Waals surface area contributed by atoms with Crippen LogP contribution in [0.1, 0.15) is 11.1 Å². The summed E-state index contributed by atoms with van der Waals surface area (Å²) in [6, 6.07) is 3.15. The van der Waals surface area contributed by atoms with Crippen molar-refractivity contribution in [3.63, 3.8) is 0 Å². The number of hydrogen-bond acceptors (Lipinski definition) is 4. The van der Waals surface area contributed by atoms with Gasteiger partial charge in [0, 0.05) is 5.02 Å². The SMILES string of the molecule is Cc1cc(S(=O)(=O)Nn2cnnc2)c(C)cc1Cl. The third-order valence-corrected chi connectivity index (χ3v) is 4.27. The fraction of sp³-hybridized carbons (Fsp3) is 0.200. The number of halogens is 1. The molecule has 0 saturated carbocycles. The molecule has 2 rings (SSSR count). The minimum Gasteiger partial charge on any atom is -0.221 e. The molecule has 0 aliphatic carbocycles. The third-order valence-electron chi connectivity index (χ3n) is 2.39. The van der Waals surface area contributed by atoms with Crippen molar-refractivity contribution < 1.29 is 8.42 Å². The first-order chi connectivity index (χ1) is 8.40. The van der Waals surface area contributed by atoms with E-state index in [2.05, 4.69) is 15.0 Å². The van der Waals surface area contributed by atoms with Crippen LogP contribution in [0.2, 0.25) is 5.02 Å². The zero-order chi connectivity index (χ0) is 13.3. The summed E-state index contributed by atoms with van der Waals surface area (Å²) in [6.45, 7) is 3.44. The van der Waals surface area contributed by atoms with Gasteiger partial charge in [-0.3, -0.25) is 0 Å². The molecule has 0 fully saturated rings. The van der Waals surface area contributed by atoms with E-state index >= 15 is 0 Å². The molecule has 8 heteroatoms. The van der Waals surface area contributed by atoms with Crippen molar-refractivity contribution in [2.24, 2.45) is 0 Å². The predicted octanol–water partition coefficient (Wildman–Crippen LogP) is 1.48. The largest absolute Gasteiger partial charge is 0.275 e. The van der Waals surface area contributed by atoms with Crippen LogP contribution in [0.3, 0.4) is 0 Å². The maximum Gasteiger partial charge on any atom is 0.275 e. The molecule has 0 atom stereocenters. The number of hydrogen-bond donors (Lipinski definition) is 1. The quantitative estimate of drug-likeness (QED) is 0.927. The number of aryl methyl sites for hydroxylation is 2. The topological polar surface area (TPSA) is 76.9 Å². The van der Waals surface area contributed by atoms with Crippen molar-refractivity contribution >= 4 is 21.6 Å². The average molecular weight is 287 g/mol. The van der Waals surface area contributed by atoms with E-state index in [9.17, 15) is 8.42 Å². The van der Waals surface area contributed by atoms with E-state index in [1.807, 2.05) is 0 Å². The molecule has 1 N–H and O–H groups in total. The van der Waals surface area contributed by atoms with Crippen LogP contribution in [0.15, 0.2) is 29.7 Å². The molecular formula is C10H11ClN4O2S. The van der Waals surface area contributed by atoms with Gasteiger partial charge in [0.15, 0.2) is 0 Å². The van der Waals surface area contributed by atoms with E-state index in [0.29, 0.717) is 16.1 Å². The van der Waals surface area contributed by atoms with E-state index in [0.717, 1.165) is 0 Å². The zero-order valence-corrected chi connectivity index (χ0v) is 11.3. The van der Waals surface area contributed by atoms with E-state index in [1.165, 1.54) is 23.4 Å². The van der Waals surface area contributed by atoms with Gasteiger partial charge in [0.2, 0.25) is 0 Å². The van der Waals surface area contributed by atoms with E-state index in [1.54, 1.807) is 19.9 Å². The molecule has 18 heavy (non-hydrogen) atoms. The lowest BCUT2D eigenvalue weighted by Crippen LogP contribution is -2.22. The van der Waals surface area contributed by atoms with Crippen LogP contribution >= 0.6 is 11.6 Å². The molecule has 96 valence electrons. The first-order valence-electron chi connectivity index (χ1n) is 5.04. The standard InChI is InChI=1S/C10H11ClN4O2S/c1-7-4-10(8(2)3-9(7)11)18(16,17)14-15-5-12-13-6-15/h3-6,14H,1-2H3. The summed E-state index contributed by atoms with van der Waals surface area (Å²) in [6.07, 6.45) is 2.52. The first-order valence-corrected chi connectivity index (χ1v) is 6.90. The summed E-state index contributed by atoms with van der Waals surface area (Å²) in [5.41, 5.74) is 1.28. The van der Waals surface area contributed by atoms with Crippen LogP contribution in [-0.2, 0) is 10.0 Å². The molecule has 2 aromatic rings. The minimum absolute atomic E-state index is 0.179. The highest BCUT2D eigenvalue weighted by Gasteiger charge is 2.18. The molecule has 0 saturated heterocycles. The molecule has 0 unspecified atom stereocenters. The minimum atomic E-state index is -3.68. The first kappa shape index (κ1) is 12.8. The predicted molar refractivity (Wildman–Crippen MR) is 67.5 cm³/mol. The normalized spacial score (nSPS) is 11.5. The summed E-state index contributed by atoms with van der Waals surface area (Å²) in [7, 11) is -3.68. The molecule has 0 amide bonds. The van der Waals surface area contributed by atoms with Gasteiger partial charge in [0.05, 0.1) is 4.90 Å². The summed E-state index contributed by atoms with van der Waals surface area (Å²) in [5, 5.41) is 7.58. The molecule has 1 aromatic heterocycles. The Kier molecular flexibility index (Phi) is 3.27. The molecule has 6 nitrogen and oxygen atoms in total. The van der Waals surface area contributed by atoms with Crippen molar-refractivity contribution in [3.05, 3.63) is 40.9 Å². The van der Waals surface area contributed by atoms with Crippen molar-refractivity contribution in [1.82, 2.24) is 14.9 Å². The molecular weight excluding hydrogens is 276 g/mol. The number of benzene rings is 1. The summed E-state index contributed by atoms with van der Waals surface area (Å²) in [4.78, 5) is 2.50. The van der Waals surface area contributed by atoms with Gasteiger partial charge in [-0.2, -0.15) is 8.42 Å². The van der Waals surface area contributed by atoms with E-state index in [4.69, 9.17) is 11.6 Å². The van der Waals surface area contributed by atoms with Gasteiger partial charge in [-0.25, -0.2) is 9.51 Å². The molecule has 0 spiro atoms. The van der Waals surface area contributed by atoms with Gasteiger partial charge >= 0.3 is 0 Å². The Hall–Kier alpha value is -1.60. The zero-order valence-electron chi connectivity index (χ0n) is 9.75.